The van der Waals surface area contributed by atoms with E-state index in [-0.39, 0.29) is 0 Å². The van der Waals surface area contributed by atoms with E-state index in [4.69, 9.17) is 16.3 Å². The molecule has 1 aromatic rings. The number of anilines is 1. The molecule has 0 fully saturated rings. The van der Waals surface area contributed by atoms with E-state index >= 15 is 0 Å². The van der Waals surface area contributed by atoms with Crippen LogP contribution < -0.4 is 4.90 Å². The molecule has 1 rings (SSSR count). The molecule has 0 N–H and O–H groups in total. The van der Waals surface area contributed by atoms with Gasteiger partial charge >= 0.3 is 0 Å². The molecule has 0 aromatic carbocycles. The number of ether oxygens (including phenoxy) is 1. The van der Waals surface area contributed by atoms with Crippen molar-refractivity contribution < 1.29 is 4.74 Å². The van der Waals surface area contributed by atoms with E-state index in [0.29, 0.717) is 11.6 Å². The molecule has 3 nitrogen and oxygen atoms in total. The molecule has 0 radical (unpaired) electrons. The van der Waals surface area contributed by atoms with Gasteiger partial charge in [0.05, 0.1) is 11.6 Å². The second-order valence-corrected chi connectivity index (χ2v) is 3.19. The number of pyridine rings is 1. The Kier molecular flexibility index (Phi) is 3.99. The third-order valence-electron chi connectivity index (χ3n) is 1.73. The van der Waals surface area contributed by atoms with Crippen LogP contribution in [0.3, 0.4) is 0 Å². The number of hydrogen-bond donors (Lipinski definition) is 0. The molecule has 0 atom stereocenters. The van der Waals surface area contributed by atoms with Gasteiger partial charge in [-0.1, -0.05) is 11.6 Å². The van der Waals surface area contributed by atoms with Gasteiger partial charge in [0.2, 0.25) is 0 Å². The highest BCUT2D eigenvalue weighted by molar-refractivity contribution is 6.30. The molecule has 0 amide bonds. The van der Waals surface area contributed by atoms with Crippen LogP contribution in [0.1, 0.15) is 0 Å². The first-order valence-electron chi connectivity index (χ1n) is 4.05. The van der Waals surface area contributed by atoms with Gasteiger partial charge in [-0.2, -0.15) is 0 Å². The number of rotatable bonds is 4. The molecule has 72 valence electrons. The van der Waals surface area contributed by atoms with Crippen LogP contribution in [-0.4, -0.2) is 32.3 Å². The van der Waals surface area contributed by atoms with E-state index in [1.165, 1.54) is 0 Å². The highest BCUT2D eigenvalue weighted by Crippen LogP contribution is 2.12. The number of methoxy groups -OCH3 is 1. The van der Waals surface area contributed by atoms with Crippen molar-refractivity contribution in [1.82, 2.24) is 4.98 Å². The summed E-state index contributed by atoms with van der Waals surface area (Å²) in [6, 6.07) is 3.71. The van der Waals surface area contributed by atoms with Crippen molar-refractivity contribution in [3.8, 4) is 0 Å². The minimum absolute atomic E-state index is 0.656. The molecule has 0 spiro atoms. The van der Waals surface area contributed by atoms with Crippen molar-refractivity contribution >= 4 is 17.4 Å². The molecule has 0 aliphatic heterocycles. The minimum Gasteiger partial charge on any atom is -0.383 e. The van der Waals surface area contributed by atoms with Crippen LogP contribution in [0.5, 0.6) is 0 Å². The Labute approximate surface area is 83.3 Å². The summed E-state index contributed by atoms with van der Waals surface area (Å²) in [7, 11) is 3.65. The monoisotopic (exact) mass is 200 g/mol. The zero-order chi connectivity index (χ0) is 9.68. The molecular weight excluding hydrogens is 188 g/mol. The predicted molar refractivity (Wildman–Crippen MR) is 54.4 cm³/mol. The largest absolute Gasteiger partial charge is 0.383 e. The van der Waals surface area contributed by atoms with Gasteiger partial charge in [-0.3, -0.25) is 0 Å². The number of aromatic nitrogens is 1. The van der Waals surface area contributed by atoms with Gasteiger partial charge in [-0.15, -0.1) is 0 Å². The Morgan fingerprint density at radius 3 is 2.85 bits per heavy atom. The third kappa shape index (κ3) is 3.20. The lowest BCUT2D eigenvalue weighted by Gasteiger charge is -2.16. The van der Waals surface area contributed by atoms with Crippen LogP contribution >= 0.6 is 11.6 Å². The molecule has 1 heterocycles. The second kappa shape index (κ2) is 5.04. The summed E-state index contributed by atoms with van der Waals surface area (Å²) < 4.78 is 4.96. The van der Waals surface area contributed by atoms with Crippen molar-refractivity contribution in [3.63, 3.8) is 0 Å². The smallest absolute Gasteiger partial charge is 0.128 e. The van der Waals surface area contributed by atoms with Gasteiger partial charge in [0.1, 0.15) is 5.82 Å². The molecule has 0 saturated heterocycles. The Hall–Kier alpha value is -0.800. The fourth-order valence-electron chi connectivity index (χ4n) is 0.937. The van der Waals surface area contributed by atoms with Crippen LogP contribution in [0.15, 0.2) is 18.3 Å². The van der Waals surface area contributed by atoms with Crippen LogP contribution in [-0.2, 0) is 4.74 Å². The summed E-state index contributed by atoms with van der Waals surface area (Å²) in [5, 5.41) is 0.656. The molecule has 0 aliphatic carbocycles. The van der Waals surface area contributed by atoms with Gasteiger partial charge in [0, 0.05) is 26.9 Å². The maximum atomic E-state index is 5.71. The molecule has 4 heteroatoms. The first-order valence-corrected chi connectivity index (χ1v) is 4.43. The number of hydrogen-bond acceptors (Lipinski definition) is 3. The Bertz CT molecular complexity index is 250. The van der Waals surface area contributed by atoms with Gasteiger partial charge in [-0.05, 0) is 12.1 Å². The van der Waals surface area contributed by atoms with Crippen molar-refractivity contribution in [1.29, 1.82) is 0 Å². The first-order chi connectivity index (χ1) is 6.24. The number of halogens is 1. The summed E-state index contributed by atoms with van der Waals surface area (Å²) in [4.78, 5) is 6.18. The molecule has 0 unspecified atom stereocenters. The zero-order valence-electron chi connectivity index (χ0n) is 7.83. The third-order valence-corrected chi connectivity index (χ3v) is 1.96. The zero-order valence-corrected chi connectivity index (χ0v) is 8.58. The fraction of sp³-hybridized carbons (Fsp3) is 0.444. The molecule has 13 heavy (non-hydrogen) atoms. The first kappa shape index (κ1) is 10.3. The minimum atomic E-state index is 0.656. The average Bonchev–Trinajstić information content (AvgIpc) is 2.15. The summed E-state index contributed by atoms with van der Waals surface area (Å²) in [6.07, 6.45) is 1.64. The molecule has 0 bridgehead atoms. The maximum absolute atomic E-state index is 5.71. The van der Waals surface area contributed by atoms with Gasteiger partial charge in [-0.25, -0.2) is 4.98 Å². The topological polar surface area (TPSA) is 25.4 Å². The summed E-state index contributed by atoms with van der Waals surface area (Å²) in [5.74, 6) is 0.904. The Morgan fingerprint density at radius 2 is 2.31 bits per heavy atom. The number of nitrogens with zero attached hydrogens (tertiary/aromatic N) is 2. The van der Waals surface area contributed by atoms with Crippen LogP contribution in [0.2, 0.25) is 5.02 Å². The van der Waals surface area contributed by atoms with Crippen molar-refractivity contribution in [2.75, 3.05) is 32.2 Å². The maximum Gasteiger partial charge on any atom is 0.128 e. The van der Waals surface area contributed by atoms with E-state index in [2.05, 4.69) is 4.98 Å². The van der Waals surface area contributed by atoms with Crippen molar-refractivity contribution in [2.45, 2.75) is 0 Å². The standard InChI is InChI=1S/C9H13ClN2O/c1-12(5-6-13-2)9-4-3-8(10)7-11-9/h3-4,7H,5-6H2,1-2H3. The van der Waals surface area contributed by atoms with E-state index in [9.17, 15) is 0 Å². The quantitative estimate of drug-likeness (QED) is 0.742. The summed E-state index contributed by atoms with van der Waals surface area (Å²) in [5.41, 5.74) is 0. The van der Waals surface area contributed by atoms with Crippen LogP contribution in [0.25, 0.3) is 0 Å². The normalized spacial score (nSPS) is 10.1. The lowest BCUT2D eigenvalue weighted by atomic mass is 10.4. The Morgan fingerprint density at radius 1 is 1.54 bits per heavy atom. The van der Waals surface area contributed by atoms with Crippen molar-refractivity contribution in [3.05, 3.63) is 23.4 Å². The van der Waals surface area contributed by atoms with E-state index in [1.54, 1.807) is 13.3 Å². The molecule has 1 aromatic heterocycles. The SMILES string of the molecule is COCCN(C)c1ccc(Cl)cn1. The van der Waals surface area contributed by atoms with Gasteiger partial charge in [0.25, 0.3) is 0 Å². The predicted octanol–water partition coefficient (Wildman–Crippen LogP) is 1.82. The average molecular weight is 201 g/mol. The highest BCUT2D eigenvalue weighted by Gasteiger charge is 2.00. The van der Waals surface area contributed by atoms with Crippen molar-refractivity contribution in [2.24, 2.45) is 0 Å². The van der Waals surface area contributed by atoms with E-state index in [1.807, 2.05) is 24.1 Å². The molecule has 0 saturated carbocycles. The van der Waals surface area contributed by atoms with Crippen LogP contribution in [0, 0.1) is 0 Å². The lowest BCUT2D eigenvalue weighted by Crippen LogP contribution is -2.22. The molecule has 0 aliphatic rings. The summed E-state index contributed by atoms with van der Waals surface area (Å²) >= 11 is 5.71. The van der Waals surface area contributed by atoms with E-state index in [0.717, 1.165) is 12.4 Å². The number of likely N-dealkylation sites (N-methyl/N-ethyl adjacent to an activating group) is 1. The van der Waals surface area contributed by atoms with Gasteiger partial charge < -0.3 is 9.64 Å². The van der Waals surface area contributed by atoms with Crippen LogP contribution in [0.4, 0.5) is 5.82 Å². The highest BCUT2D eigenvalue weighted by atomic mass is 35.5. The summed E-state index contributed by atoms with van der Waals surface area (Å²) in [6.45, 7) is 1.52. The Balaban J connectivity index is 2.55. The van der Waals surface area contributed by atoms with Gasteiger partial charge in [0.15, 0.2) is 0 Å². The lowest BCUT2D eigenvalue weighted by molar-refractivity contribution is 0.206. The molecular formula is C9H13ClN2O. The van der Waals surface area contributed by atoms with E-state index < -0.39 is 0 Å². The fourth-order valence-corrected chi connectivity index (χ4v) is 1.05. The second-order valence-electron chi connectivity index (χ2n) is 2.75.